The van der Waals surface area contributed by atoms with E-state index in [1.54, 1.807) is 6.07 Å². The molecule has 0 radical (unpaired) electrons. The van der Waals surface area contributed by atoms with E-state index >= 15 is 0 Å². The van der Waals surface area contributed by atoms with Crippen LogP contribution in [0.25, 0.3) is 10.2 Å². The number of piperazine rings is 1. The van der Waals surface area contributed by atoms with Gasteiger partial charge in [0, 0.05) is 38.5 Å². The Morgan fingerprint density at radius 3 is 2.48 bits per heavy atom. The van der Waals surface area contributed by atoms with E-state index in [9.17, 15) is 22.0 Å². The number of rotatable bonds is 3. The molecule has 2 heterocycles. The number of nitrogens with zero attached hydrogens (tertiary/aromatic N) is 3. The van der Waals surface area contributed by atoms with Crippen LogP contribution in [0.5, 0.6) is 0 Å². The summed E-state index contributed by atoms with van der Waals surface area (Å²) in [6.45, 7) is 1.65. The van der Waals surface area contributed by atoms with Crippen LogP contribution < -0.4 is 4.90 Å². The number of hydrogen-bond donors (Lipinski definition) is 0. The molecule has 0 atom stereocenters. The number of fused-ring (bicyclic) bond motifs is 1. The number of aromatic nitrogens is 1. The van der Waals surface area contributed by atoms with Crippen LogP contribution in [0.1, 0.15) is 10.4 Å². The van der Waals surface area contributed by atoms with Gasteiger partial charge in [-0.05, 0) is 24.3 Å². The van der Waals surface area contributed by atoms with Gasteiger partial charge in [-0.25, -0.2) is 22.2 Å². The van der Waals surface area contributed by atoms with Crippen molar-refractivity contribution in [3.63, 3.8) is 0 Å². The molecule has 0 spiro atoms. The summed E-state index contributed by atoms with van der Waals surface area (Å²) >= 11 is 1.39. The molecule has 1 aromatic heterocycles. The number of halogens is 2. The molecular formula is C19H17F2N3O3S2. The van der Waals surface area contributed by atoms with Crippen LogP contribution in [-0.2, 0) is 9.84 Å². The number of benzene rings is 2. The van der Waals surface area contributed by atoms with E-state index in [1.807, 2.05) is 11.0 Å². The number of sulfone groups is 1. The maximum atomic E-state index is 13.9. The highest BCUT2D eigenvalue weighted by Crippen LogP contribution is 2.33. The van der Waals surface area contributed by atoms with E-state index in [1.165, 1.54) is 22.3 Å². The molecule has 0 aliphatic carbocycles. The Morgan fingerprint density at radius 2 is 1.83 bits per heavy atom. The second-order valence-electron chi connectivity index (χ2n) is 6.77. The van der Waals surface area contributed by atoms with Crippen molar-refractivity contribution in [1.29, 1.82) is 0 Å². The zero-order valence-electron chi connectivity index (χ0n) is 15.4. The molecule has 0 N–H and O–H groups in total. The van der Waals surface area contributed by atoms with Crippen LogP contribution in [0.15, 0.2) is 41.3 Å². The first kappa shape index (κ1) is 19.7. The van der Waals surface area contributed by atoms with Crippen LogP contribution in [0.2, 0.25) is 0 Å². The minimum Gasteiger partial charge on any atom is -0.345 e. The molecule has 4 rings (SSSR count). The fourth-order valence-electron chi connectivity index (χ4n) is 3.28. The Labute approximate surface area is 170 Å². The largest absolute Gasteiger partial charge is 0.345 e. The molecular weight excluding hydrogens is 420 g/mol. The number of hydrogen-bond acceptors (Lipinski definition) is 6. The van der Waals surface area contributed by atoms with Gasteiger partial charge < -0.3 is 9.80 Å². The van der Waals surface area contributed by atoms with Crippen molar-refractivity contribution in [1.82, 2.24) is 9.88 Å². The monoisotopic (exact) mass is 437 g/mol. The lowest BCUT2D eigenvalue weighted by Crippen LogP contribution is -2.49. The van der Waals surface area contributed by atoms with Gasteiger partial charge in [0.1, 0.15) is 17.2 Å². The SMILES string of the molecule is CS(=O)(=O)c1cccc2sc(N3CCN(C(=O)c4ccc(F)cc4F)CC3)nc12. The van der Waals surface area contributed by atoms with Crippen molar-refractivity contribution in [3.05, 3.63) is 53.6 Å². The Morgan fingerprint density at radius 1 is 1.10 bits per heavy atom. The van der Waals surface area contributed by atoms with Crippen molar-refractivity contribution >= 4 is 42.4 Å². The predicted molar refractivity (Wildman–Crippen MR) is 107 cm³/mol. The van der Waals surface area contributed by atoms with Gasteiger partial charge in [0.2, 0.25) is 0 Å². The number of carbonyl (C=O) groups is 1. The molecule has 152 valence electrons. The van der Waals surface area contributed by atoms with Gasteiger partial charge in [0.05, 0.1) is 15.2 Å². The van der Waals surface area contributed by atoms with Gasteiger partial charge in [-0.15, -0.1) is 0 Å². The zero-order chi connectivity index (χ0) is 20.8. The maximum absolute atomic E-state index is 13.9. The predicted octanol–water partition coefficient (Wildman–Crippen LogP) is 2.94. The Kier molecular flexibility index (Phi) is 4.99. The average Bonchev–Trinajstić information content (AvgIpc) is 3.11. The second kappa shape index (κ2) is 7.34. The first-order valence-corrected chi connectivity index (χ1v) is 11.5. The normalized spacial score (nSPS) is 15.1. The first-order chi connectivity index (χ1) is 13.7. The molecule has 1 amide bonds. The highest BCUT2D eigenvalue weighted by Gasteiger charge is 2.26. The molecule has 1 saturated heterocycles. The number of anilines is 1. The average molecular weight is 437 g/mol. The zero-order valence-corrected chi connectivity index (χ0v) is 17.1. The lowest BCUT2D eigenvalue weighted by atomic mass is 10.1. The summed E-state index contributed by atoms with van der Waals surface area (Å²) in [5.74, 6) is -2.09. The van der Waals surface area contributed by atoms with Crippen molar-refractivity contribution in [2.24, 2.45) is 0 Å². The number of thiazole rings is 1. The van der Waals surface area contributed by atoms with E-state index in [-0.39, 0.29) is 10.5 Å². The molecule has 1 aliphatic heterocycles. The molecule has 0 bridgehead atoms. The quantitative estimate of drug-likeness (QED) is 0.630. The smallest absolute Gasteiger partial charge is 0.256 e. The summed E-state index contributed by atoms with van der Waals surface area (Å²) in [5.41, 5.74) is 0.291. The van der Waals surface area contributed by atoms with Crippen LogP contribution in [0.3, 0.4) is 0 Å². The molecule has 1 aliphatic rings. The van der Waals surface area contributed by atoms with E-state index < -0.39 is 27.4 Å². The van der Waals surface area contributed by atoms with Gasteiger partial charge in [-0.2, -0.15) is 0 Å². The van der Waals surface area contributed by atoms with E-state index in [2.05, 4.69) is 4.98 Å². The van der Waals surface area contributed by atoms with Crippen LogP contribution >= 0.6 is 11.3 Å². The molecule has 10 heteroatoms. The highest BCUT2D eigenvalue weighted by molar-refractivity contribution is 7.91. The molecule has 6 nitrogen and oxygen atoms in total. The van der Waals surface area contributed by atoms with Gasteiger partial charge in [0.15, 0.2) is 15.0 Å². The summed E-state index contributed by atoms with van der Waals surface area (Å²) in [4.78, 5) is 20.7. The first-order valence-electron chi connectivity index (χ1n) is 8.83. The maximum Gasteiger partial charge on any atom is 0.256 e. The van der Waals surface area contributed by atoms with Gasteiger partial charge in [-0.1, -0.05) is 17.4 Å². The fourth-order valence-corrected chi connectivity index (χ4v) is 5.22. The van der Waals surface area contributed by atoms with Crippen molar-refractivity contribution < 1.29 is 22.0 Å². The van der Waals surface area contributed by atoms with Crippen LogP contribution in [0, 0.1) is 11.6 Å². The van der Waals surface area contributed by atoms with Crippen molar-refractivity contribution in [2.75, 3.05) is 37.3 Å². The lowest BCUT2D eigenvalue weighted by molar-refractivity contribution is 0.0742. The van der Waals surface area contributed by atoms with E-state index in [0.717, 1.165) is 23.1 Å². The standard InChI is InChI=1S/C19H17F2N3O3S2/c1-29(26,27)16-4-2-3-15-17(16)22-19(28-15)24-9-7-23(8-10-24)18(25)13-6-5-12(20)11-14(13)21/h2-6,11H,7-10H2,1H3. The number of carbonyl (C=O) groups excluding carboxylic acids is 1. The molecule has 2 aromatic carbocycles. The topological polar surface area (TPSA) is 70.6 Å². The number of amides is 1. The Hall–Kier alpha value is -2.59. The third-order valence-electron chi connectivity index (χ3n) is 4.77. The summed E-state index contributed by atoms with van der Waals surface area (Å²) in [7, 11) is -3.39. The highest BCUT2D eigenvalue weighted by atomic mass is 32.2. The van der Waals surface area contributed by atoms with Crippen LogP contribution in [-0.4, -0.2) is 56.6 Å². The third-order valence-corrected chi connectivity index (χ3v) is 6.98. The Balaban J connectivity index is 1.52. The minimum absolute atomic E-state index is 0.155. The molecule has 0 unspecified atom stereocenters. The summed E-state index contributed by atoms with van der Waals surface area (Å²) in [6.07, 6.45) is 1.15. The molecule has 1 fully saturated rings. The summed E-state index contributed by atoms with van der Waals surface area (Å²) < 4.78 is 51.7. The summed E-state index contributed by atoms with van der Waals surface area (Å²) in [6, 6.07) is 7.96. The Bertz CT molecular complexity index is 1200. The summed E-state index contributed by atoms with van der Waals surface area (Å²) in [5, 5.41) is 0.677. The molecule has 0 saturated carbocycles. The van der Waals surface area contributed by atoms with Crippen molar-refractivity contribution in [2.45, 2.75) is 4.90 Å². The lowest BCUT2D eigenvalue weighted by Gasteiger charge is -2.34. The van der Waals surface area contributed by atoms with Crippen LogP contribution in [0.4, 0.5) is 13.9 Å². The second-order valence-corrected chi connectivity index (χ2v) is 9.77. The fraction of sp³-hybridized carbons (Fsp3) is 0.263. The van der Waals surface area contributed by atoms with Crippen molar-refractivity contribution in [3.8, 4) is 0 Å². The molecule has 29 heavy (non-hydrogen) atoms. The van der Waals surface area contributed by atoms with Gasteiger partial charge in [0.25, 0.3) is 5.91 Å². The number of para-hydroxylation sites is 1. The third kappa shape index (κ3) is 3.82. The molecule has 3 aromatic rings. The minimum atomic E-state index is -3.39. The van der Waals surface area contributed by atoms with E-state index in [0.29, 0.717) is 42.9 Å². The van der Waals surface area contributed by atoms with E-state index in [4.69, 9.17) is 0 Å². The van der Waals surface area contributed by atoms with Gasteiger partial charge in [-0.3, -0.25) is 4.79 Å². The van der Waals surface area contributed by atoms with Gasteiger partial charge >= 0.3 is 0 Å².